The van der Waals surface area contributed by atoms with Gasteiger partial charge in [0.2, 0.25) is 5.91 Å². The number of likely N-dealkylation sites (tertiary alicyclic amines) is 1. The first-order chi connectivity index (χ1) is 12.2. The third-order valence-corrected chi connectivity index (χ3v) is 4.82. The predicted molar refractivity (Wildman–Crippen MR) is 91.2 cm³/mol. The van der Waals surface area contributed by atoms with E-state index in [1.54, 1.807) is 18.2 Å². The number of nitrogens with zero attached hydrogens (tertiary/aromatic N) is 1. The lowest BCUT2D eigenvalue weighted by Gasteiger charge is -2.27. The highest BCUT2D eigenvalue weighted by molar-refractivity contribution is 5.79. The number of benzene rings is 2. The average Bonchev–Trinajstić information content (AvgIpc) is 3.13. The summed E-state index contributed by atoms with van der Waals surface area (Å²) in [6.45, 7) is 1.80. The van der Waals surface area contributed by atoms with Crippen molar-refractivity contribution < 1.29 is 18.7 Å². The maximum atomic E-state index is 13.8. The molecule has 4 nitrogen and oxygen atoms in total. The van der Waals surface area contributed by atoms with Gasteiger partial charge in [-0.1, -0.05) is 24.3 Å². The highest BCUT2D eigenvalue weighted by Crippen LogP contribution is 2.38. The molecular formula is C20H20FNO3. The Balaban J connectivity index is 1.54. The summed E-state index contributed by atoms with van der Waals surface area (Å²) in [4.78, 5) is 14.6. The molecule has 25 heavy (non-hydrogen) atoms. The van der Waals surface area contributed by atoms with Crippen LogP contribution in [0.25, 0.3) is 0 Å². The van der Waals surface area contributed by atoms with Crippen LogP contribution in [-0.2, 0) is 11.2 Å². The summed E-state index contributed by atoms with van der Waals surface area (Å²) in [6, 6.07) is 12.3. The van der Waals surface area contributed by atoms with Crippen molar-refractivity contribution in [2.75, 3.05) is 19.8 Å². The van der Waals surface area contributed by atoms with Crippen molar-refractivity contribution in [2.24, 2.45) is 0 Å². The van der Waals surface area contributed by atoms with Gasteiger partial charge in [0.15, 0.2) is 11.5 Å². The SMILES string of the molecule is O=C(Cc1ccccc1F)N1CCCC1c1ccc2c(c1)OCCO2. The van der Waals surface area contributed by atoms with Gasteiger partial charge in [0.1, 0.15) is 19.0 Å². The Kier molecular flexibility index (Phi) is 4.30. The number of hydrogen-bond donors (Lipinski definition) is 0. The summed E-state index contributed by atoms with van der Waals surface area (Å²) in [5.74, 6) is 1.11. The van der Waals surface area contributed by atoms with Crippen LogP contribution < -0.4 is 9.47 Å². The van der Waals surface area contributed by atoms with E-state index in [-0.39, 0.29) is 24.2 Å². The summed E-state index contributed by atoms with van der Waals surface area (Å²) in [5.41, 5.74) is 1.49. The van der Waals surface area contributed by atoms with Crippen molar-refractivity contribution in [3.63, 3.8) is 0 Å². The zero-order chi connectivity index (χ0) is 17.2. The first-order valence-corrected chi connectivity index (χ1v) is 8.65. The minimum absolute atomic E-state index is 0.00935. The number of carbonyl (C=O) groups is 1. The van der Waals surface area contributed by atoms with Gasteiger partial charge in [-0.3, -0.25) is 4.79 Å². The van der Waals surface area contributed by atoms with Crippen LogP contribution in [0.5, 0.6) is 11.5 Å². The second kappa shape index (κ2) is 6.75. The van der Waals surface area contributed by atoms with Gasteiger partial charge >= 0.3 is 0 Å². The molecule has 2 aliphatic heterocycles. The molecule has 1 amide bonds. The van der Waals surface area contributed by atoms with Crippen LogP contribution in [0.4, 0.5) is 4.39 Å². The second-order valence-electron chi connectivity index (χ2n) is 6.42. The van der Waals surface area contributed by atoms with Gasteiger partial charge in [-0.15, -0.1) is 0 Å². The molecule has 0 saturated carbocycles. The topological polar surface area (TPSA) is 38.8 Å². The molecule has 0 N–H and O–H groups in total. The van der Waals surface area contributed by atoms with Crippen molar-refractivity contribution in [2.45, 2.75) is 25.3 Å². The Morgan fingerprint density at radius 1 is 1.12 bits per heavy atom. The van der Waals surface area contributed by atoms with Crippen molar-refractivity contribution >= 4 is 5.91 Å². The fourth-order valence-corrected chi connectivity index (χ4v) is 3.59. The molecule has 0 aromatic heterocycles. The molecule has 1 fully saturated rings. The Hall–Kier alpha value is -2.56. The molecule has 5 heteroatoms. The normalized spacial score (nSPS) is 19.1. The molecule has 1 unspecified atom stereocenters. The van der Waals surface area contributed by atoms with Crippen LogP contribution in [0, 0.1) is 5.82 Å². The molecule has 4 rings (SSSR count). The summed E-state index contributed by atoms with van der Waals surface area (Å²) >= 11 is 0. The van der Waals surface area contributed by atoms with Crippen molar-refractivity contribution in [1.29, 1.82) is 0 Å². The molecule has 0 bridgehead atoms. The highest BCUT2D eigenvalue weighted by atomic mass is 19.1. The maximum absolute atomic E-state index is 13.8. The Morgan fingerprint density at radius 2 is 1.92 bits per heavy atom. The molecule has 0 spiro atoms. The van der Waals surface area contributed by atoms with Crippen LogP contribution >= 0.6 is 0 Å². The number of halogens is 1. The Labute approximate surface area is 146 Å². The highest BCUT2D eigenvalue weighted by Gasteiger charge is 2.31. The van der Waals surface area contributed by atoms with Gasteiger partial charge < -0.3 is 14.4 Å². The summed E-state index contributed by atoms with van der Waals surface area (Å²) in [5, 5.41) is 0. The van der Waals surface area contributed by atoms with E-state index >= 15 is 0 Å². The average molecular weight is 341 g/mol. The van der Waals surface area contributed by atoms with E-state index in [9.17, 15) is 9.18 Å². The van der Waals surface area contributed by atoms with Gasteiger partial charge in [-0.25, -0.2) is 4.39 Å². The fraction of sp³-hybridized carbons (Fsp3) is 0.350. The van der Waals surface area contributed by atoms with Crippen LogP contribution in [0.3, 0.4) is 0 Å². The predicted octanol–water partition coefficient (Wildman–Crippen LogP) is 3.50. The third-order valence-electron chi connectivity index (χ3n) is 4.82. The first-order valence-electron chi connectivity index (χ1n) is 8.65. The van der Waals surface area contributed by atoms with Crippen LogP contribution in [0.2, 0.25) is 0 Å². The van der Waals surface area contributed by atoms with Gasteiger partial charge in [0.05, 0.1) is 12.5 Å². The van der Waals surface area contributed by atoms with Crippen molar-refractivity contribution in [3.8, 4) is 11.5 Å². The molecule has 2 heterocycles. The monoisotopic (exact) mass is 341 g/mol. The molecule has 1 atom stereocenters. The number of fused-ring (bicyclic) bond motifs is 1. The zero-order valence-corrected chi connectivity index (χ0v) is 13.9. The second-order valence-corrected chi connectivity index (χ2v) is 6.42. The molecule has 2 aromatic carbocycles. The maximum Gasteiger partial charge on any atom is 0.227 e. The van der Waals surface area contributed by atoms with Gasteiger partial charge in [-0.05, 0) is 42.2 Å². The van der Waals surface area contributed by atoms with Crippen LogP contribution in [-0.4, -0.2) is 30.6 Å². The molecular weight excluding hydrogens is 321 g/mol. The lowest BCUT2D eigenvalue weighted by Crippen LogP contribution is -2.32. The number of ether oxygens (including phenoxy) is 2. The smallest absolute Gasteiger partial charge is 0.227 e. The van der Waals surface area contributed by atoms with Gasteiger partial charge in [0.25, 0.3) is 0 Å². The van der Waals surface area contributed by atoms with E-state index in [0.29, 0.717) is 25.3 Å². The first kappa shape index (κ1) is 15.9. The molecule has 130 valence electrons. The largest absolute Gasteiger partial charge is 0.486 e. The van der Waals surface area contributed by atoms with Crippen molar-refractivity contribution in [3.05, 3.63) is 59.4 Å². The minimum atomic E-state index is -0.328. The molecule has 0 aliphatic carbocycles. The van der Waals surface area contributed by atoms with Crippen LogP contribution in [0.1, 0.15) is 30.0 Å². The van der Waals surface area contributed by atoms with E-state index in [1.807, 2.05) is 23.1 Å². The lowest BCUT2D eigenvalue weighted by molar-refractivity contribution is -0.131. The van der Waals surface area contributed by atoms with Gasteiger partial charge in [-0.2, -0.15) is 0 Å². The van der Waals surface area contributed by atoms with E-state index in [2.05, 4.69) is 0 Å². The van der Waals surface area contributed by atoms with Gasteiger partial charge in [0, 0.05) is 6.54 Å². The van der Waals surface area contributed by atoms with E-state index in [4.69, 9.17) is 9.47 Å². The summed E-state index contributed by atoms with van der Waals surface area (Å²) in [7, 11) is 0. The number of hydrogen-bond acceptors (Lipinski definition) is 3. The lowest BCUT2D eigenvalue weighted by atomic mass is 10.0. The third kappa shape index (κ3) is 3.18. The number of carbonyl (C=O) groups excluding carboxylic acids is 1. The zero-order valence-electron chi connectivity index (χ0n) is 13.9. The quantitative estimate of drug-likeness (QED) is 0.858. The molecule has 0 radical (unpaired) electrons. The summed E-state index contributed by atoms with van der Waals surface area (Å²) < 4.78 is 25.1. The molecule has 2 aromatic rings. The number of rotatable bonds is 3. The van der Waals surface area contributed by atoms with E-state index in [1.165, 1.54) is 6.07 Å². The Morgan fingerprint density at radius 3 is 2.76 bits per heavy atom. The molecule has 2 aliphatic rings. The minimum Gasteiger partial charge on any atom is -0.486 e. The van der Waals surface area contributed by atoms with Crippen LogP contribution in [0.15, 0.2) is 42.5 Å². The standard InChI is InChI=1S/C20H20FNO3/c21-16-5-2-1-4-14(16)13-20(23)22-9-3-6-17(22)15-7-8-18-19(12-15)25-11-10-24-18/h1-2,4-5,7-8,12,17H,3,6,9-11,13H2. The van der Waals surface area contributed by atoms with E-state index < -0.39 is 0 Å². The Bertz CT molecular complexity index is 792. The fourth-order valence-electron chi connectivity index (χ4n) is 3.59. The molecule has 1 saturated heterocycles. The summed E-state index contributed by atoms with van der Waals surface area (Å²) in [6.07, 6.45) is 1.94. The van der Waals surface area contributed by atoms with Crippen molar-refractivity contribution in [1.82, 2.24) is 4.90 Å². The van der Waals surface area contributed by atoms with E-state index in [0.717, 1.165) is 29.9 Å². The number of amides is 1.